The van der Waals surface area contributed by atoms with Crippen LogP contribution in [0.5, 0.6) is 0 Å². The first kappa shape index (κ1) is 13.9. The van der Waals surface area contributed by atoms with Crippen molar-refractivity contribution in [2.75, 3.05) is 23.9 Å². The third-order valence-corrected chi connectivity index (χ3v) is 4.07. The molecular weight excluding hydrogens is 236 g/mol. The average molecular weight is 256 g/mol. The van der Waals surface area contributed by atoms with Crippen molar-refractivity contribution in [2.24, 2.45) is 0 Å². The first-order valence-corrected chi connectivity index (χ1v) is 7.20. The van der Waals surface area contributed by atoms with Gasteiger partial charge in [-0.2, -0.15) is 0 Å². The molecule has 0 aromatic carbocycles. The van der Waals surface area contributed by atoms with E-state index in [0.29, 0.717) is 11.6 Å². The number of aromatic nitrogens is 2. The monoisotopic (exact) mass is 256 g/mol. The standard InChI is InChI=1S/C11H20N4OS/c1-7(17(4)16)5-6-13-11-8(2)10(12)14-9(3)15-11/h7H,5-6H2,1-4H3,(H3,12,13,14,15). The zero-order valence-corrected chi connectivity index (χ0v) is 11.6. The summed E-state index contributed by atoms with van der Waals surface area (Å²) in [6, 6.07) is 0. The predicted molar refractivity (Wildman–Crippen MR) is 72.6 cm³/mol. The van der Waals surface area contributed by atoms with E-state index in [9.17, 15) is 4.21 Å². The van der Waals surface area contributed by atoms with Gasteiger partial charge in [-0.05, 0) is 20.3 Å². The largest absolute Gasteiger partial charge is 0.383 e. The minimum Gasteiger partial charge on any atom is -0.383 e. The normalized spacial score (nSPS) is 14.4. The van der Waals surface area contributed by atoms with Gasteiger partial charge in [-0.1, -0.05) is 6.92 Å². The van der Waals surface area contributed by atoms with Crippen LogP contribution in [-0.2, 0) is 10.8 Å². The molecule has 1 aromatic rings. The van der Waals surface area contributed by atoms with Crippen molar-refractivity contribution in [3.63, 3.8) is 0 Å². The predicted octanol–water partition coefficient (Wildman–Crippen LogP) is 1.24. The lowest BCUT2D eigenvalue weighted by Gasteiger charge is -2.12. The molecule has 0 bridgehead atoms. The summed E-state index contributed by atoms with van der Waals surface area (Å²) in [5.41, 5.74) is 6.62. The molecule has 0 radical (unpaired) electrons. The van der Waals surface area contributed by atoms with Crippen LogP contribution in [0.15, 0.2) is 0 Å². The van der Waals surface area contributed by atoms with Crippen molar-refractivity contribution in [3.05, 3.63) is 11.4 Å². The molecule has 2 atom stereocenters. The van der Waals surface area contributed by atoms with Crippen LogP contribution in [-0.4, -0.2) is 32.2 Å². The van der Waals surface area contributed by atoms with Gasteiger partial charge in [-0.25, -0.2) is 9.97 Å². The van der Waals surface area contributed by atoms with E-state index in [1.54, 1.807) is 6.26 Å². The first-order chi connectivity index (χ1) is 7.91. The summed E-state index contributed by atoms with van der Waals surface area (Å²) in [6.45, 7) is 6.41. The Hall–Kier alpha value is -1.17. The van der Waals surface area contributed by atoms with Crippen LogP contribution in [0.25, 0.3) is 0 Å². The molecule has 17 heavy (non-hydrogen) atoms. The van der Waals surface area contributed by atoms with Crippen LogP contribution >= 0.6 is 0 Å². The highest BCUT2D eigenvalue weighted by atomic mass is 32.2. The number of nitrogen functional groups attached to an aromatic ring is 1. The summed E-state index contributed by atoms with van der Waals surface area (Å²) >= 11 is 0. The lowest BCUT2D eigenvalue weighted by atomic mass is 10.3. The lowest BCUT2D eigenvalue weighted by Crippen LogP contribution is -2.16. The van der Waals surface area contributed by atoms with Gasteiger partial charge in [0.05, 0.1) is 0 Å². The number of hydrogen-bond donors (Lipinski definition) is 2. The third kappa shape index (κ3) is 3.96. The molecule has 3 N–H and O–H groups in total. The summed E-state index contributed by atoms with van der Waals surface area (Å²) in [6.07, 6.45) is 2.56. The molecule has 6 heteroatoms. The smallest absolute Gasteiger partial charge is 0.134 e. The summed E-state index contributed by atoms with van der Waals surface area (Å²) in [4.78, 5) is 8.38. The fourth-order valence-corrected chi connectivity index (χ4v) is 1.83. The summed E-state index contributed by atoms with van der Waals surface area (Å²) in [5.74, 6) is 1.93. The van der Waals surface area contributed by atoms with Crippen LogP contribution in [0.1, 0.15) is 24.7 Å². The van der Waals surface area contributed by atoms with Gasteiger partial charge in [0.2, 0.25) is 0 Å². The molecule has 96 valence electrons. The molecular formula is C11H20N4OS. The van der Waals surface area contributed by atoms with E-state index in [-0.39, 0.29) is 5.25 Å². The molecule has 1 aromatic heterocycles. The van der Waals surface area contributed by atoms with Gasteiger partial charge in [0.15, 0.2) is 0 Å². The van der Waals surface area contributed by atoms with Crippen molar-refractivity contribution in [1.29, 1.82) is 0 Å². The summed E-state index contributed by atoms with van der Waals surface area (Å²) in [5, 5.41) is 3.40. The molecule has 0 saturated carbocycles. The average Bonchev–Trinajstić information content (AvgIpc) is 2.24. The Bertz CT molecular complexity index is 422. The second-order valence-electron chi connectivity index (χ2n) is 4.15. The Kier molecular flexibility index (Phi) is 4.86. The van der Waals surface area contributed by atoms with Crippen molar-refractivity contribution in [3.8, 4) is 0 Å². The van der Waals surface area contributed by atoms with Crippen LogP contribution in [0.4, 0.5) is 11.6 Å². The Morgan fingerprint density at radius 2 is 2.06 bits per heavy atom. The second-order valence-corrected chi connectivity index (χ2v) is 5.96. The van der Waals surface area contributed by atoms with Gasteiger partial charge in [0.1, 0.15) is 17.5 Å². The van der Waals surface area contributed by atoms with E-state index in [4.69, 9.17) is 5.73 Å². The van der Waals surface area contributed by atoms with Gasteiger partial charge in [-0.3, -0.25) is 4.21 Å². The minimum atomic E-state index is -0.780. The SMILES string of the molecule is Cc1nc(N)c(C)c(NCCC(C)S(C)=O)n1. The van der Waals surface area contributed by atoms with Crippen molar-refractivity contribution >= 4 is 22.4 Å². The van der Waals surface area contributed by atoms with E-state index in [0.717, 1.165) is 24.3 Å². The number of nitrogens with one attached hydrogen (secondary N) is 1. The van der Waals surface area contributed by atoms with E-state index in [1.165, 1.54) is 0 Å². The summed E-state index contributed by atoms with van der Waals surface area (Å²) in [7, 11) is -0.780. The maximum Gasteiger partial charge on any atom is 0.134 e. The summed E-state index contributed by atoms with van der Waals surface area (Å²) < 4.78 is 11.2. The van der Waals surface area contributed by atoms with Crippen LogP contribution in [0, 0.1) is 13.8 Å². The second kappa shape index (κ2) is 5.95. The molecule has 0 aliphatic heterocycles. The van der Waals surface area contributed by atoms with Crippen LogP contribution < -0.4 is 11.1 Å². The van der Waals surface area contributed by atoms with Crippen LogP contribution in [0.2, 0.25) is 0 Å². The zero-order valence-electron chi connectivity index (χ0n) is 10.8. The highest BCUT2D eigenvalue weighted by Crippen LogP contribution is 2.16. The van der Waals surface area contributed by atoms with Gasteiger partial charge < -0.3 is 11.1 Å². The van der Waals surface area contributed by atoms with Crippen molar-refractivity contribution in [1.82, 2.24) is 9.97 Å². The molecule has 0 spiro atoms. The number of anilines is 2. The third-order valence-electron chi connectivity index (χ3n) is 2.71. The molecule has 5 nitrogen and oxygen atoms in total. The number of rotatable bonds is 5. The first-order valence-electron chi connectivity index (χ1n) is 5.58. The highest BCUT2D eigenvalue weighted by molar-refractivity contribution is 7.84. The Morgan fingerprint density at radius 1 is 1.41 bits per heavy atom. The van der Waals surface area contributed by atoms with E-state index < -0.39 is 10.8 Å². The quantitative estimate of drug-likeness (QED) is 0.828. The van der Waals surface area contributed by atoms with Crippen molar-refractivity contribution < 1.29 is 4.21 Å². The van der Waals surface area contributed by atoms with Gasteiger partial charge in [0, 0.05) is 34.4 Å². The van der Waals surface area contributed by atoms with E-state index in [1.807, 2.05) is 20.8 Å². The van der Waals surface area contributed by atoms with Gasteiger partial charge in [0.25, 0.3) is 0 Å². The molecule has 1 rings (SSSR count). The molecule has 2 unspecified atom stereocenters. The number of aryl methyl sites for hydroxylation is 1. The van der Waals surface area contributed by atoms with Crippen LogP contribution in [0.3, 0.4) is 0 Å². The Labute approximate surface area is 105 Å². The number of nitrogens with two attached hydrogens (primary N) is 1. The lowest BCUT2D eigenvalue weighted by molar-refractivity contribution is 0.672. The zero-order chi connectivity index (χ0) is 13.0. The molecule has 0 saturated heterocycles. The molecule has 0 amide bonds. The topological polar surface area (TPSA) is 80.9 Å². The van der Waals surface area contributed by atoms with Gasteiger partial charge >= 0.3 is 0 Å². The van der Waals surface area contributed by atoms with Crippen molar-refractivity contribution in [2.45, 2.75) is 32.4 Å². The number of hydrogen-bond acceptors (Lipinski definition) is 5. The minimum absolute atomic E-state index is 0.183. The highest BCUT2D eigenvalue weighted by Gasteiger charge is 2.08. The molecule has 0 aliphatic carbocycles. The molecule has 0 aliphatic rings. The fraction of sp³-hybridized carbons (Fsp3) is 0.636. The Balaban J connectivity index is 2.61. The van der Waals surface area contributed by atoms with E-state index in [2.05, 4.69) is 15.3 Å². The Morgan fingerprint density at radius 3 is 2.65 bits per heavy atom. The van der Waals surface area contributed by atoms with Gasteiger partial charge in [-0.15, -0.1) is 0 Å². The maximum atomic E-state index is 11.2. The fourth-order valence-electron chi connectivity index (χ4n) is 1.38. The molecule has 0 fully saturated rings. The molecule has 1 heterocycles. The van der Waals surface area contributed by atoms with E-state index >= 15 is 0 Å². The maximum absolute atomic E-state index is 11.2. The number of nitrogens with zero attached hydrogens (tertiary/aromatic N) is 2.